The average molecular weight is 227 g/mol. The van der Waals surface area contributed by atoms with Gasteiger partial charge in [-0.15, -0.1) is 0 Å². The Labute approximate surface area is 102 Å². The number of rotatable bonds is 4. The second-order valence-corrected chi connectivity index (χ2v) is 4.07. The van der Waals surface area contributed by atoms with Gasteiger partial charge in [-0.1, -0.05) is 42.5 Å². The molecule has 0 aliphatic heterocycles. The van der Waals surface area contributed by atoms with E-state index in [4.69, 9.17) is 10.5 Å². The maximum atomic E-state index is 6.17. The van der Waals surface area contributed by atoms with E-state index in [9.17, 15) is 0 Å². The van der Waals surface area contributed by atoms with Gasteiger partial charge < -0.3 is 10.5 Å². The first kappa shape index (κ1) is 11.7. The fraction of sp³-hybridized carbons (Fsp3) is 0.200. The molecule has 0 fully saturated rings. The second-order valence-electron chi connectivity index (χ2n) is 4.07. The first-order chi connectivity index (χ1) is 8.29. The van der Waals surface area contributed by atoms with Crippen molar-refractivity contribution in [3.8, 4) is 5.75 Å². The van der Waals surface area contributed by atoms with Gasteiger partial charge in [0.25, 0.3) is 0 Å². The molecule has 17 heavy (non-hydrogen) atoms. The van der Waals surface area contributed by atoms with Gasteiger partial charge in [0.2, 0.25) is 0 Å². The molecule has 88 valence electrons. The Kier molecular flexibility index (Phi) is 3.78. The van der Waals surface area contributed by atoms with Crippen molar-refractivity contribution in [1.82, 2.24) is 0 Å². The van der Waals surface area contributed by atoms with E-state index < -0.39 is 0 Å². The summed E-state index contributed by atoms with van der Waals surface area (Å²) in [6, 6.07) is 18.3. The average Bonchev–Trinajstić information content (AvgIpc) is 2.40. The van der Waals surface area contributed by atoms with Gasteiger partial charge in [0.15, 0.2) is 0 Å². The molecule has 0 heterocycles. The van der Waals surface area contributed by atoms with Crippen LogP contribution in [0.1, 0.15) is 17.2 Å². The van der Waals surface area contributed by atoms with Crippen molar-refractivity contribution in [2.24, 2.45) is 5.73 Å². The maximum absolute atomic E-state index is 6.17. The van der Waals surface area contributed by atoms with E-state index in [-0.39, 0.29) is 6.04 Å². The molecule has 2 aromatic rings. The largest absolute Gasteiger partial charge is 0.497 e. The molecule has 0 bridgehead atoms. The Balaban J connectivity index is 2.05. The predicted molar refractivity (Wildman–Crippen MR) is 70.1 cm³/mol. The highest BCUT2D eigenvalue weighted by atomic mass is 16.5. The summed E-state index contributed by atoms with van der Waals surface area (Å²) in [7, 11) is 1.67. The summed E-state index contributed by atoms with van der Waals surface area (Å²) in [6.45, 7) is 0. The molecule has 2 N–H and O–H groups in total. The molecule has 0 aromatic heterocycles. The molecule has 1 atom stereocenters. The summed E-state index contributed by atoms with van der Waals surface area (Å²) in [5, 5.41) is 0. The van der Waals surface area contributed by atoms with Crippen molar-refractivity contribution in [3.05, 3.63) is 65.7 Å². The van der Waals surface area contributed by atoms with Crippen LogP contribution in [-0.2, 0) is 6.42 Å². The van der Waals surface area contributed by atoms with Gasteiger partial charge in [0.1, 0.15) is 5.75 Å². The Bertz CT molecular complexity index is 450. The number of hydrogen-bond donors (Lipinski definition) is 1. The lowest BCUT2D eigenvalue weighted by molar-refractivity contribution is 0.414. The van der Waals surface area contributed by atoms with Crippen molar-refractivity contribution >= 4 is 0 Å². The lowest BCUT2D eigenvalue weighted by Crippen LogP contribution is -2.13. The highest BCUT2D eigenvalue weighted by Crippen LogP contribution is 2.18. The van der Waals surface area contributed by atoms with E-state index >= 15 is 0 Å². The summed E-state index contributed by atoms with van der Waals surface area (Å²) in [4.78, 5) is 0. The van der Waals surface area contributed by atoms with Crippen LogP contribution in [0.15, 0.2) is 54.6 Å². The van der Waals surface area contributed by atoms with Crippen LogP contribution in [0.3, 0.4) is 0 Å². The first-order valence-electron chi connectivity index (χ1n) is 5.73. The third-order valence-corrected chi connectivity index (χ3v) is 2.84. The predicted octanol–water partition coefficient (Wildman–Crippen LogP) is 2.94. The van der Waals surface area contributed by atoms with E-state index in [1.54, 1.807) is 7.11 Å². The van der Waals surface area contributed by atoms with Crippen molar-refractivity contribution in [2.45, 2.75) is 12.5 Å². The minimum Gasteiger partial charge on any atom is -0.497 e. The SMILES string of the molecule is COc1ccc(C[C@@H](N)c2ccccc2)cc1. The van der Waals surface area contributed by atoms with Crippen molar-refractivity contribution in [2.75, 3.05) is 7.11 Å². The van der Waals surface area contributed by atoms with Crippen LogP contribution in [0.2, 0.25) is 0 Å². The van der Waals surface area contributed by atoms with Crippen LogP contribution in [0.4, 0.5) is 0 Å². The number of methoxy groups -OCH3 is 1. The number of hydrogen-bond acceptors (Lipinski definition) is 2. The van der Waals surface area contributed by atoms with Gasteiger partial charge in [0, 0.05) is 6.04 Å². The van der Waals surface area contributed by atoms with Crippen LogP contribution in [0, 0.1) is 0 Å². The monoisotopic (exact) mass is 227 g/mol. The number of nitrogens with two attached hydrogens (primary N) is 1. The molecular formula is C15H17NO. The summed E-state index contributed by atoms with van der Waals surface area (Å²) in [6.07, 6.45) is 0.841. The van der Waals surface area contributed by atoms with Crippen LogP contribution in [0.5, 0.6) is 5.75 Å². The summed E-state index contributed by atoms with van der Waals surface area (Å²) < 4.78 is 5.13. The summed E-state index contributed by atoms with van der Waals surface area (Å²) >= 11 is 0. The van der Waals surface area contributed by atoms with Gasteiger partial charge >= 0.3 is 0 Å². The first-order valence-corrected chi connectivity index (χ1v) is 5.73. The molecule has 0 aliphatic rings. The minimum absolute atomic E-state index is 0.0459. The maximum Gasteiger partial charge on any atom is 0.118 e. The van der Waals surface area contributed by atoms with Gasteiger partial charge in [-0.05, 0) is 29.7 Å². The van der Waals surface area contributed by atoms with E-state index in [2.05, 4.69) is 24.3 Å². The molecule has 2 aromatic carbocycles. The fourth-order valence-electron chi connectivity index (χ4n) is 1.83. The second kappa shape index (κ2) is 5.51. The Morgan fingerprint density at radius 2 is 1.65 bits per heavy atom. The van der Waals surface area contributed by atoms with Crippen molar-refractivity contribution < 1.29 is 4.74 Å². The van der Waals surface area contributed by atoms with Gasteiger partial charge in [-0.25, -0.2) is 0 Å². The quantitative estimate of drug-likeness (QED) is 0.871. The van der Waals surface area contributed by atoms with Crippen LogP contribution < -0.4 is 10.5 Å². The highest BCUT2D eigenvalue weighted by molar-refractivity contribution is 5.29. The molecule has 0 saturated heterocycles. The van der Waals surface area contributed by atoms with E-state index in [1.165, 1.54) is 11.1 Å². The van der Waals surface area contributed by atoms with Gasteiger partial charge in [-0.3, -0.25) is 0 Å². The van der Waals surface area contributed by atoms with Crippen LogP contribution in [-0.4, -0.2) is 7.11 Å². The highest BCUT2D eigenvalue weighted by Gasteiger charge is 2.06. The lowest BCUT2D eigenvalue weighted by atomic mass is 10.00. The summed E-state index contributed by atoms with van der Waals surface area (Å²) in [5.74, 6) is 0.877. The lowest BCUT2D eigenvalue weighted by Gasteiger charge is -2.12. The van der Waals surface area contributed by atoms with Crippen molar-refractivity contribution in [3.63, 3.8) is 0 Å². The van der Waals surface area contributed by atoms with Crippen LogP contribution >= 0.6 is 0 Å². The topological polar surface area (TPSA) is 35.2 Å². The number of ether oxygens (including phenoxy) is 1. The standard InChI is InChI=1S/C15H17NO/c1-17-14-9-7-12(8-10-14)11-15(16)13-5-3-2-4-6-13/h2-10,15H,11,16H2,1H3/t15-/m1/s1. The molecule has 0 radical (unpaired) electrons. The Morgan fingerprint density at radius 1 is 1.00 bits per heavy atom. The van der Waals surface area contributed by atoms with Gasteiger partial charge in [-0.2, -0.15) is 0 Å². The molecular weight excluding hydrogens is 210 g/mol. The zero-order valence-electron chi connectivity index (χ0n) is 9.97. The van der Waals surface area contributed by atoms with Crippen molar-refractivity contribution in [1.29, 1.82) is 0 Å². The number of benzene rings is 2. The molecule has 0 saturated carbocycles. The van der Waals surface area contributed by atoms with E-state index in [0.29, 0.717) is 0 Å². The van der Waals surface area contributed by atoms with Gasteiger partial charge in [0.05, 0.1) is 7.11 Å². The molecule has 2 nitrogen and oxygen atoms in total. The minimum atomic E-state index is 0.0459. The Hall–Kier alpha value is -1.80. The normalized spacial score (nSPS) is 12.1. The zero-order valence-corrected chi connectivity index (χ0v) is 9.97. The fourth-order valence-corrected chi connectivity index (χ4v) is 1.83. The summed E-state index contributed by atoms with van der Waals surface area (Å²) in [5.41, 5.74) is 8.56. The molecule has 0 amide bonds. The molecule has 0 spiro atoms. The molecule has 0 unspecified atom stereocenters. The smallest absolute Gasteiger partial charge is 0.118 e. The Morgan fingerprint density at radius 3 is 2.24 bits per heavy atom. The molecule has 2 rings (SSSR count). The third-order valence-electron chi connectivity index (χ3n) is 2.84. The van der Waals surface area contributed by atoms with E-state index in [1.807, 2.05) is 30.3 Å². The zero-order chi connectivity index (χ0) is 12.1. The third kappa shape index (κ3) is 3.08. The molecule has 0 aliphatic carbocycles. The van der Waals surface area contributed by atoms with Crippen LogP contribution in [0.25, 0.3) is 0 Å². The molecule has 2 heteroatoms. The van der Waals surface area contributed by atoms with E-state index in [0.717, 1.165) is 12.2 Å².